The van der Waals surface area contributed by atoms with Crippen molar-refractivity contribution in [2.45, 2.75) is 31.8 Å². The van der Waals surface area contributed by atoms with Gasteiger partial charge in [-0.1, -0.05) is 115 Å². The molecule has 3 atom stereocenters. The van der Waals surface area contributed by atoms with Crippen molar-refractivity contribution in [3.05, 3.63) is 137 Å². The van der Waals surface area contributed by atoms with Crippen molar-refractivity contribution in [1.82, 2.24) is 15.1 Å². The van der Waals surface area contributed by atoms with Gasteiger partial charge in [0.1, 0.15) is 18.9 Å². The first kappa shape index (κ1) is 35.9. The van der Waals surface area contributed by atoms with Crippen LogP contribution in [0, 0.1) is 0 Å². The van der Waals surface area contributed by atoms with E-state index in [1.807, 2.05) is 48.5 Å². The van der Waals surface area contributed by atoms with Crippen LogP contribution in [-0.4, -0.2) is 45.4 Å². The highest BCUT2D eigenvalue weighted by Crippen LogP contribution is 2.53. The molecule has 0 saturated heterocycles. The molecule has 4 rings (SSSR count). The summed E-state index contributed by atoms with van der Waals surface area (Å²) in [5.74, 6) is -2.58. The smallest absolute Gasteiger partial charge is 0.407 e. The van der Waals surface area contributed by atoms with Gasteiger partial charge >= 0.3 is 12.1 Å². The van der Waals surface area contributed by atoms with Crippen molar-refractivity contribution in [3.8, 4) is 0 Å². The minimum Gasteiger partial charge on any atom is -0.465 e. The number of sulfonamides is 1. The molecule has 0 aromatic heterocycles. The number of amides is 1. The molecule has 0 radical (unpaired) electrons. The van der Waals surface area contributed by atoms with Crippen LogP contribution in [0.25, 0.3) is 0 Å². The molecule has 1 unspecified atom stereocenters. The molecule has 10 nitrogen and oxygen atoms in total. The number of hydrogen-bond donors (Lipinski definition) is 3. The maximum absolute atomic E-state index is 15.0. The SMILES string of the molecule is CCOC(=O)CNP(=O)(c1ccccc1)[C@H](NS(=O)(=O)C[C@H](Cc1ccccc1)NC(=O)OCc1ccccc1)c1ccc(Cl)cc1. The minimum absolute atomic E-state index is 0.000758. The molecule has 47 heavy (non-hydrogen) atoms. The average molecular weight is 698 g/mol. The van der Waals surface area contributed by atoms with Crippen LogP contribution in [0.4, 0.5) is 4.79 Å². The molecule has 0 fully saturated rings. The van der Waals surface area contributed by atoms with Gasteiger partial charge in [0.05, 0.1) is 18.4 Å². The number of benzene rings is 4. The first-order valence-corrected chi connectivity index (χ1v) is 18.7. The lowest BCUT2D eigenvalue weighted by Gasteiger charge is -2.30. The average Bonchev–Trinajstić information content (AvgIpc) is 3.07. The van der Waals surface area contributed by atoms with E-state index in [0.717, 1.165) is 11.1 Å². The third-order valence-corrected chi connectivity index (χ3v) is 11.7. The van der Waals surface area contributed by atoms with E-state index in [-0.39, 0.29) is 24.9 Å². The van der Waals surface area contributed by atoms with E-state index in [9.17, 15) is 22.6 Å². The van der Waals surface area contributed by atoms with Gasteiger partial charge in [-0.3, -0.25) is 14.4 Å². The van der Waals surface area contributed by atoms with Crippen LogP contribution in [0.3, 0.4) is 0 Å². The Balaban J connectivity index is 1.64. The number of hydrogen-bond acceptors (Lipinski definition) is 7. The Kier molecular flexibility index (Phi) is 13.2. The molecule has 3 N–H and O–H groups in total. The fraction of sp³-hybridized carbons (Fsp3) is 0.235. The van der Waals surface area contributed by atoms with Gasteiger partial charge in [-0.05, 0) is 42.2 Å². The molecule has 13 heteroatoms. The molecule has 4 aromatic carbocycles. The highest BCUT2D eigenvalue weighted by Gasteiger charge is 2.40. The van der Waals surface area contributed by atoms with Crippen LogP contribution >= 0.6 is 18.9 Å². The zero-order chi connectivity index (χ0) is 33.7. The Morgan fingerprint density at radius 2 is 1.38 bits per heavy atom. The highest BCUT2D eigenvalue weighted by atomic mass is 35.5. The Hall–Kier alpha value is -3.99. The van der Waals surface area contributed by atoms with E-state index in [1.165, 1.54) is 0 Å². The molecule has 0 heterocycles. The van der Waals surface area contributed by atoms with Gasteiger partial charge in [-0.2, -0.15) is 4.72 Å². The van der Waals surface area contributed by atoms with Gasteiger partial charge in [-0.25, -0.2) is 13.2 Å². The van der Waals surface area contributed by atoms with Gasteiger partial charge in [0.15, 0.2) is 7.29 Å². The Morgan fingerprint density at radius 3 is 1.98 bits per heavy atom. The molecule has 0 saturated carbocycles. The molecule has 0 aliphatic rings. The number of halogens is 1. The van der Waals surface area contributed by atoms with Crippen LogP contribution in [0.1, 0.15) is 29.4 Å². The number of esters is 1. The summed E-state index contributed by atoms with van der Waals surface area (Å²) in [6.07, 6.45) is -0.615. The second kappa shape index (κ2) is 17.2. The Morgan fingerprint density at radius 1 is 0.809 bits per heavy atom. The van der Waals surface area contributed by atoms with Gasteiger partial charge in [0.25, 0.3) is 0 Å². The highest BCUT2D eigenvalue weighted by molar-refractivity contribution is 7.90. The van der Waals surface area contributed by atoms with E-state index < -0.39 is 53.5 Å². The van der Waals surface area contributed by atoms with Crippen molar-refractivity contribution in [3.63, 3.8) is 0 Å². The lowest BCUT2D eigenvalue weighted by atomic mass is 10.1. The largest absolute Gasteiger partial charge is 0.465 e. The quantitative estimate of drug-likeness (QED) is 0.102. The molecular weight excluding hydrogens is 661 g/mol. The summed E-state index contributed by atoms with van der Waals surface area (Å²) in [6, 6.07) is 31.8. The predicted molar refractivity (Wildman–Crippen MR) is 183 cm³/mol. The zero-order valence-electron chi connectivity index (χ0n) is 25.8. The van der Waals surface area contributed by atoms with Gasteiger partial charge < -0.3 is 14.8 Å². The number of nitrogens with one attached hydrogen (secondary N) is 3. The van der Waals surface area contributed by atoms with Gasteiger partial charge in [0, 0.05) is 10.3 Å². The van der Waals surface area contributed by atoms with Crippen LogP contribution < -0.4 is 20.4 Å². The van der Waals surface area contributed by atoms with Gasteiger partial charge in [-0.15, -0.1) is 0 Å². The summed E-state index contributed by atoms with van der Waals surface area (Å²) in [5, 5.41) is 6.20. The lowest BCUT2D eigenvalue weighted by Crippen LogP contribution is -2.46. The number of carbonyl (C=O) groups is 2. The first-order chi connectivity index (χ1) is 22.6. The number of carbonyl (C=O) groups excluding carboxylic acids is 2. The van der Waals surface area contributed by atoms with Crippen LogP contribution in [-0.2, 0) is 41.9 Å². The predicted octanol–water partition coefficient (Wildman–Crippen LogP) is 5.55. The van der Waals surface area contributed by atoms with Crippen LogP contribution in [0.2, 0.25) is 5.02 Å². The Bertz CT molecular complexity index is 1750. The fourth-order valence-electron chi connectivity index (χ4n) is 4.84. The summed E-state index contributed by atoms with van der Waals surface area (Å²) >= 11 is 6.14. The summed E-state index contributed by atoms with van der Waals surface area (Å²) < 4.78 is 56.0. The van der Waals surface area contributed by atoms with Gasteiger partial charge in [0.2, 0.25) is 10.0 Å². The first-order valence-electron chi connectivity index (χ1n) is 14.9. The molecule has 0 aliphatic heterocycles. The molecule has 248 valence electrons. The maximum Gasteiger partial charge on any atom is 0.407 e. The maximum atomic E-state index is 15.0. The second-order valence-electron chi connectivity index (χ2n) is 10.6. The Labute approximate surface area is 280 Å². The standard InChI is InChI=1S/C34H37ClN3O7PS/c1-2-44-32(39)23-36-46(41,31-16-10-5-11-17-31)33(28-18-20-29(35)21-19-28)38-47(42,43)25-30(22-26-12-6-3-7-13-26)37-34(40)45-24-27-14-8-4-9-15-27/h3-21,30,33,38H,2,22-25H2,1H3,(H,36,41)(H,37,40)/t30-,33-,46?/m0/s1. The van der Waals surface area contributed by atoms with E-state index in [0.29, 0.717) is 10.6 Å². The van der Waals surface area contributed by atoms with Crippen molar-refractivity contribution in [2.75, 3.05) is 18.9 Å². The number of rotatable bonds is 16. The van der Waals surface area contributed by atoms with E-state index in [4.69, 9.17) is 21.1 Å². The van der Waals surface area contributed by atoms with E-state index in [2.05, 4.69) is 15.1 Å². The van der Waals surface area contributed by atoms with Crippen molar-refractivity contribution < 1.29 is 32.0 Å². The molecule has 1 amide bonds. The van der Waals surface area contributed by atoms with Crippen LogP contribution in [0.15, 0.2) is 115 Å². The monoisotopic (exact) mass is 697 g/mol. The lowest BCUT2D eigenvalue weighted by molar-refractivity contribution is -0.141. The molecule has 0 aliphatic carbocycles. The second-order valence-corrected chi connectivity index (χ2v) is 15.5. The summed E-state index contributed by atoms with van der Waals surface area (Å²) in [7, 11) is -8.26. The number of alkyl carbamates (subject to hydrolysis) is 1. The third kappa shape index (κ3) is 11.1. The van der Waals surface area contributed by atoms with Crippen molar-refractivity contribution >= 4 is 46.3 Å². The molecule has 0 spiro atoms. The number of ether oxygens (including phenoxy) is 2. The topological polar surface area (TPSA) is 140 Å². The van der Waals surface area contributed by atoms with E-state index in [1.54, 1.807) is 73.7 Å². The molecule has 0 bridgehead atoms. The molecule has 4 aromatic rings. The summed E-state index contributed by atoms with van der Waals surface area (Å²) in [6.45, 7) is 1.34. The molecular formula is C34H37ClN3O7PS. The normalized spacial score (nSPS) is 13.9. The van der Waals surface area contributed by atoms with Crippen molar-refractivity contribution in [2.24, 2.45) is 0 Å². The van der Waals surface area contributed by atoms with Crippen LogP contribution in [0.5, 0.6) is 0 Å². The fourth-order valence-corrected chi connectivity index (χ4v) is 9.58. The van der Waals surface area contributed by atoms with E-state index >= 15 is 0 Å². The minimum atomic E-state index is -4.29. The zero-order valence-corrected chi connectivity index (χ0v) is 28.2. The van der Waals surface area contributed by atoms with Crippen molar-refractivity contribution in [1.29, 1.82) is 0 Å². The third-order valence-electron chi connectivity index (χ3n) is 7.02. The summed E-state index contributed by atoms with van der Waals surface area (Å²) in [5.41, 5.74) is 1.90. The summed E-state index contributed by atoms with van der Waals surface area (Å²) in [4.78, 5) is 25.2.